The maximum Gasteiger partial charge on any atom is 0.338 e. The van der Waals surface area contributed by atoms with Crippen LogP contribution in [-0.2, 0) is 11.3 Å². The smallest absolute Gasteiger partial charge is 0.338 e. The molecule has 0 atom stereocenters. The minimum absolute atomic E-state index is 0.0510. The molecule has 2 rings (SSSR count). The normalized spacial score (nSPS) is 10.7. The minimum Gasteiger partial charge on any atom is -0.478 e. The molecule has 0 fully saturated rings. The molecule has 1 heterocycles. The molecule has 1 aromatic heterocycles. The van der Waals surface area contributed by atoms with Gasteiger partial charge in [-0.3, -0.25) is 4.79 Å². The molecule has 0 spiro atoms. The van der Waals surface area contributed by atoms with Gasteiger partial charge >= 0.3 is 5.97 Å². The van der Waals surface area contributed by atoms with E-state index in [1.807, 2.05) is 6.92 Å². The van der Waals surface area contributed by atoms with E-state index < -0.39 is 5.97 Å². The van der Waals surface area contributed by atoms with Gasteiger partial charge in [-0.2, -0.15) is 0 Å². The van der Waals surface area contributed by atoms with E-state index in [1.54, 1.807) is 16.8 Å². The molecule has 2 aromatic rings. The van der Waals surface area contributed by atoms with Gasteiger partial charge in [0.25, 0.3) is 0 Å². The van der Waals surface area contributed by atoms with Gasteiger partial charge < -0.3 is 10.4 Å². The van der Waals surface area contributed by atoms with Gasteiger partial charge in [-0.1, -0.05) is 18.2 Å². The van der Waals surface area contributed by atoms with Gasteiger partial charge in [-0.15, -0.1) is 5.10 Å². The highest BCUT2D eigenvalue weighted by atomic mass is 16.4. The van der Waals surface area contributed by atoms with Crippen LogP contribution in [0.1, 0.15) is 30.1 Å². The van der Waals surface area contributed by atoms with Crippen molar-refractivity contribution in [2.24, 2.45) is 0 Å². The number of amides is 1. The molecular formula is C13H16N4O3. The molecule has 7 nitrogen and oxygen atoms in total. The molecule has 7 heteroatoms. The number of nitrogens with zero attached hydrogens (tertiary/aromatic N) is 3. The van der Waals surface area contributed by atoms with Crippen molar-refractivity contribution in [3.8, 4) is 0 Å². The maximum atomic E-state index is 11.5. The summed E-state index contributed by atoms with van der Waals surface area (Å²) in [6.07, 6.45) is 1.18. The lowest BCUT2D eigenvalue weighted by molar-refractivity contribution is -0.121. The Kier molecular flexibility index (Phi) is 4.29. The fourth-order valence-corrected chi connectivity index (χ4v) is 1.89. The highest BCUT2D eigenvalue weighted by Gasteiger charge is 2.14. The highest BCUT2D eigenvalue weighted by Crippen LogP contribution is 2.16. The second kappa shape index (κ2) is 6.14. The van der Waals surface area contributed by atoms with Crippen LogP contribution in [0.25, 0.3) is 11.0 Å². The fraction of sp³-hybridized carbons (Fsp3) is 0.385. The third kappa shape index (κ3) is 2.93. The summed E-state index contributed by atoms with van der Waals surface area (Å²) in [6, 6.07) is 4.87. The second-order valence-corrected chi connectivity index (χ2v) is 4.39. The lowest BCUT2D eigenvalue weighted by Gasteiger charge is -2.04. The number of aryl methyl sites for hydroxylation is 1. The molecule has 1 aromatic carbocycles. The van der Waals surface area contributed by atoms with Gasteiger partial charge in [0.2, 0.25) is 5.91 Å². The van der Waals surface area contributed by atoms with E-state index in [1.165, 1.54) is 6.07 Å². The SMILES string of the molecule is CCCNC(=O)CCn1nnc2c(C(=O)O)cccc21. The summed E-state index contributed by atoms with van der Waals surface area (Å²) in [5.74, 6) is -1.09. The first-order valence-electron chi connectivity index (χ1n) is 6.45. The number of benzene rings is 1. The van der Waals surface area contributed by atoms with E-state index >= 15 is 0 Å². The van der Waals surface area contributed by atoms with E-state index in [0.29, 0.717) is 24.1 Å². The van der Waals surface area contributed by atoms with Crippen LogP contribution in [0.4, 0.5) is 0 Å². The molecule has 1 amide bonds. The van der Waals surface area contributed by atoms with Crippen molar-refractivity contribution >= 4 is 22.9 Å². The van der Waals surface area contributed by atoms with Crippen molar-refractivity contribution < 1.29 is 14.7 Å². The molecule has 0 unspecified atom stereocenters. The number of carbonyl (C=O) groups is 2. The zero-order valence-electron chi connectivity index (χ0n) is 11.2. The number of fused-ring (bicyclic) bond motifs is 1. The first kappa shape index (κ1) is 14.0. The van der Waals surface area contributed by atoms with Crippen molar-refractivity contribution in [2.75, 3.05) is 6.54 Å². The van der Waals surface area contributed by atoms with Crippen LogP contribution in [0.15, 0.2) is 18.2 Å². The first-order valence-corrected chi connectivity index (χ1v) is 6.45. The van der Waals surface area contributed by atoms with Crippen LogP contribution in [0.5, 0.6) is 0 Å². The van der Waals surface area contributed by atoms with Crippen molar-refractivity contribution in [3.63, 3.8) is 0 Å². The minimum atomic E-state index is -1.04. The third-order valence-corrected chi connectivity index (χ3v) is 2.90. The van der Waals surface area contributed by atoms with Crippen LogP contribution in [0.3, 0.4) is 0 Å². The Labute approximate surface area is 115 Å². The van der Waals surface area contributed by atoms with Gasteiger partial charge in [-0.05, 0) is 18.6 Å². The number of rotatable bonds is 6. The summed E-state index contributed by atoms with van der Waals surface area (Å²) >= 11 is 0. The van der Waals surface area contributed by atoms with Crippen molar-refractivity contribution in [1.29, 1.82) is 0 Å². The molecule has 0 radical (unpaired) electrons. The zero-order valence-corrected chi connectivity index (χ0v) is 11.2. The fourth-order valence-electron chi connectivity index (χ4n) is 1.89. The average Bonchev–Trinajstić information content (AvgIpc) is 2.85. The van der Waals surface area contributed by atoms with E-state index in [0.717, 1.165) is 6.42 Å². The molecule has 0 bridgehead atoms. The van der Waals surface area contributed by atoms with Gasteiger partial charge in [0.15, 0.2) is 0 Å². The van der Waals surface area contributed by atoms with E-state index in [4.69, 9.17) is 5.11 Å². The molecule has 20 heavy (non-hydrogen) atoms. The summed E-state index contributed by atoms with van der Waals surface area (Å²) in [5, 5.41) is 19.6. The number of carboxylic acids is 1. The molecule has 0 saturated carbocycles. The average molecular weight is 276 g/mol. The molecule has 0 aliphatic carbocycles. The number of nitrogens with one attached hydrogen (secondary N) is 1. The lowest BCUT2D eigenvalue weighted by Crippen LogP contribution is -2.25. The largest absolute Gasteiger partial charge is 0.478 e. The predicted molar refractivity (Wildman–Crippen MR) is 72.4 cm³/mol. The van der Waals surface area contributed by atoms with Crippen LogP contribution in [0, 0.1) is 0 Å². The van der Waals surface area contributed by atoms with Crippen molar-refractivity contribution in [2.45, 2.75) is 26.3 Å². The Morgan fingerprint density at radius 2 is 2.20 bits per heavy atom. The number of aromatic nitrogens is 3. The topological polar surface area (TPSA) is 97.1 Å². The molecule has 0 saturated heterocycles. The van der Waals surface area contributed by atoms with Crippen molar-refractivity contribution in [1.82, 2.24) is 20.3 Å². The predicted octanol–water partition coefficient (Wildman–Crippen LogP) is 1.05. The van der Waals surface area contributed by atoms with Gasteiger partial charge in [-0.25, -0.2) is 9.48 Å². The second-order valence-electron chi connectivity index (χ2n) is 4.39. The first-order chi connectivity index (χ1) is 9.63. The molecule has 0 aliphatic heterocycles. The van der Waals surface area contributed by atoms with E-state index in [2.05, 4.69) is 15.6 Å². The number of hydrogen-bond acceptors (Lipinski definition) is 4. The van der Waals surface area contributed by atoms with Gasteiger partial charge in [0.1, 0.15) is 5.52 Å². The highest BCUT2D eigenvalue weighted by molar-refractivity contribution is 6.00. The Bertz CT molecular complexity index is 636. The summed E-state index contributed by atoms with van der Waals surface area (Å²) in [6.45, 7) is 3.01. The molecule has 106 valence electrons. The number of aromatic carboxylic acids is 1. The number of carbonyl (C=O) groups excluding carboxylic acids is 1. The standard InChI is InChI=1S/C13H16N4O3/c1-2-7-14-11(18)6-8-17-10-5-3-4-9(13(19)20)12(10)15-16-17/h3-5H,2,6-8H2,1H3,(H,14,18)(H,19,20). The number of hydrogen-bond donors (Lipinski definition) is 2. The quantitative estimate of drug-likeness (QED) is 0.821. The van der Waals surface area contributed by atoms with Crippen LogP contribution >= 0.6 is 0 Å². The van der Waals surface area contributed by atoms with E-state index in [9.17, 15) is 9.59 Å². The molecule has 0 aliphatic rings. The summed E-state index contributed by atoms with van der Waals surface area (Å²) in [4.78, 5) is 22.6. The van der Waals surface area contributed by atoms with Crippen LogP contribution < -0.4 is 5.32 Å². The maximum absolute atomic E-state index is 11.5. The Morgan fingerprint density at radius 1 is 1.40 bits per heavy atom. The van der Waals surface area contributed by atoms with Crippen LogP contribution in [-0.4, -0.2) is 38.5 Å². The Morgan fingerprint density at radius 3 is 2.90 bits per heavy atom. The monoisotopic (exact) mass is 276 g/mol. The molecule has 2 N–H and O–H groups in total. The van der Waals surface area contributed by atoms with Crippen molar-refractivity contribution in [3.05, 3.63) is 23.8 Å². The van der Waals surface area contributed by atoms with Gasteiger partial charge in [0, 0.05) is 13.0 Å². The lowest BCUT2D eigenvalue weighted by atomic mass is 10.2. The Balaban J connectivity index is 2.14. The number of carboxylic acid groups (broad SMARTS) is 1. The summed E-state index contributed by atoms with van der Waals surface area (Å²) < 4.78 is 1.55. The van der Waals surface area contributed by atoms with Crippen LogP contribution in [0.2, 0.25) is 0 Å². The summed E-state index contributed by atoms with van der Waals surface area (Å²) in [5.41, 5.74) is 1.08. The summed E-state index contributed by atoms with van der Waals surface area (Å²) in [7, 11) is 0. The third-order valence-electron chi connectivity index (χ3n) is 2.90. The van der Waals surface area contributed by atoms with E-state index in [-0.39, 0.29) is 17.9 Å². The Hall–Kier alpha value is -2.44. The van der Waals surface area contributed by atoms with Gasteiger partial charge in [0.05, 0.1) is 17.6 Å². The zero-order chi connectivity index (χ0) is 14.5. The molecular weight excluding hydrogens is 260 g/mol.